The number of hydrogen-bond acceptors (Lipinski definition) is 3. The van der Waals surface area contributed by atoms with Gasteiger partial charge in [-0.15, -0.1) is 0 Å². The van der Waals surface area contributed by atoms with E-state index in [1.165, 1.54) is 0 Å². The number of aromatic nitrogens is 1. The maximum atomic E-state index is 10.5. The molecule has 1 aromatic rings. The number of hydrogen-bond donors (Lipinski definition) is 1. The average Bonchev–Trinajstić information content (AvgIpc) is 2.99. The lowest BCUT2D eigenvalue weighted by Gasteiger charge is -2.11. The average molecular weight is 176 g/mol. The Labute approximate surface area is 77.0 Å². The molecule has 0 bridgehead atoms. The summed E-state index contributed by atoms with van der Waals surface area (Å²) in [5.41, 5.74) is 7.49. The van der Waals surface area contributed by atoms with Gasteiger partial charge in [0, 0.05) is 18.2 Å². The molecule has 1 aliphatic carbocycles. The second-order valence-corrected chi connectivity index (χ2v) is 3.57. The topological polar surface area (TPSA) is 56.0 Å². The van der Waals surface area contributed by atoms with E-state index in [4.69, 9.17) is 5.73 Å². The Morgan fingerprint density at radius 3 is 2.92 bits per heavy atom. The summed E-state index contributed by atoms with van der Waals surface area (Å²) in [5, 5.41) is 0. The molecule has 2 rings (SSSR count). The second-order valence-electron chi connectivity index (χ2n) is 3.57. The van der Waals surface area contributed by atoms with Crippen LogP contribution in [0.25, 0.3) is 0 Å². The Hall–Kier alpha value is -1.22. The maximum absolute atomic E-state index is 10.5. The molecule has 1 fully saturated rings. The SMILES string of the molecule is NCC1(c2ccnc(C=O)c2)CC1. The van der Waals surface area contributed by atoms with Crippen molar-refractivity contribution >= 4 is 6.29 Å². The van der Waals surface area contributed by atoms with Crippen LogP contribution in [0.15, 0.2) is 18.3 Å². The zero-order valence-electron chi connectivity index (χ0n) is 7.36. The third-order valence-electron chi connectivity index (χ3n) is 2.76. The Bertz CT molecular complexity index is 331. The second kappa shape index (κ2) is 2.92. The van der Waals surface area contributed by atoms with Gasteiger partial charge in [-0.25, -0.2) is 0 Å². The molecular formula is C10H12N2O. The molecule has 0 aliphatic heterocycles. The highest BCUT2D eigenvalue weighted by atomic mass is 16.1. The molecule has 2 N–H and O–H groups in total. The summed E-state index contributed by atoms with van der Waals surface area (Å²) in [6.45, 7) is 0.662. The van der Waals surface area contributed by atoms with Gasteiger partial charge in [0.15, 0.2) is 6.29 Å². The van der Waals surface area contributed by atoms with Crippen LogP contribution in [0.3, 0.4) is 0 Å². The van der Waals surface area contributed by atoms with Crippen LogP contribution in [0.4, 0.5) is 0 Å². The molecule has 0 saturated heterocycles. The van der Waals surface area contributed by atoms with Gasteiger partial charge < -0.3 is 5.73 Å². The number of nitrogens with zero attached hydrogens (tertiary/aromatic N) is 1. The van der Waals surface area contributed by atoms with Crippen molar-refractivity contribution in [3.63, 3.8) is 0 Å². The quantitative estimate of drug-likeness (QED) is 0.696. The first-order valence-corrected chi connectivity index (χ1v) is 4.42. The summed E-state index contributed by atoms with van der Waals surface area (Å²) in [7, 11) is 0. The summed E-state index contributed by atoms with van der Waals surface area (Å²) in [6.07, 6.45) is 4.71. The summed E-state index contributed by atoms with van der Waals surface area (Å²) >= 11 is 0. The molecule has 3 nitrogen and oxygen atoms in total. The molecule has 0 atom stereocenters. The Morgan fingerprint density at radius 2 is 2.38 bits per heavy atom. The van der Waals surface area contributed by atoms with E-state index < -0.39 is 0 Å². The molecule has 1 aromatic heterocycles. The number of nitrogens with two attached hydrogens (primary N) is 1. The molecule has 1 heterocycles. The fraction of sp³-hybridized carbons (Fsp3) is 0.400. The zero-order chi connectivity index (χ0) is 9.31. The van der Waals surface area contributed by atoms with Gasteiger partial charge >= 0.3 is 0 Å². The molecular weight excluding hydrogens is 164 g/mol. The maximum Gasteiger partial charge on any atom is 0.168 e. The summed E-state index contributed by atoms with van der Waals surface area (Å²) < 4.78 is 0. The van der Waals surface area contributed by atoms with Gasteiger partial charge in [0.05, 0.1) is 0 Å². The molecule has 0 aromatic carbocycles. The van der Waals surface area contributed by atoms with Gasteiger partial charge in [0.25, 0.3) is 0 Å². The van der Waals surface area contributed by atoms with Crippen molar-refractivity contribution in [3.8, 4) is 0 Å². The smallest absolute Gasteiger partial charge is 0.168 e. The molecule has 1 saturated carbocycles. The normalized spacial score (nSPS) is 18.2. The van der Waals surface area contributed by atoms with E-state index in [1.54, 1.807) is 6.20 Å². The van der Waals surface area contributed by atoms with Crippen molar-refractivity contribution in [2.75, 3.05) is 6.54 Å². The van der Waals surface area contributed by atoms with E-state index in [9.17, 15) is 4.79 Å². The van der Waals surface area contributed by atoms with Crippen molar-refractivity contribution in [1.29, 1.82) is 0 Å². The summed E-state index contributed by atoms with van der Waals surface area (Å²) in [4.78, 5) is 14.4. The number of rotatable bonds is 3. The van der Waals surface area contributed by atoms with Crippen molar-refractivity contribution < 1.29 is 4.79 Å². The number of aldehydes is 1. The van der Waals surface area contributed by atoms with Crippen LogP contribution in [0.2, 0.25) is 0 Å². The van der Waals surface area contributed by atoms with Gasteiger partial charge in [-0.1, -0.05) is 0 Å². The minimum Gasteiger partial charge on any atom is -0.330 e. The predicted octanol–water partition coefficient (Wildman–Crippen LogP) is 0.884. The molecule has 0 unspecified atom stereocenters. The fourth-order valence-corrected chi connectivity index (χ4v) is 1.60. The van der Waals surface area contributed by atoms with Gasteiger partial charge in [0.1, 0.15) is 5.69 Å². The van der Waals surface area contributed by atoms with Gasteiger partial charge in [-0.2, -0.15) is 0 Å². The molecule has 3 heteroatoms. The summed E-state index contributed by atoms with van der Waals surface area (Å²) in [6, 6.07) is 3.79. The molecule has 68 valence electrons. The fourth-order valence-electron chi connectivity index (χ4n) is 1.60. The third-order valence-corrected chi connectivity index (χ3v) is 2.76. The monoisotopic (exact) mass is 176 g/mol. The van der Waals surface area contributed by atoms with Crippen molar-refractivity contribution in [1.82, 2.24) is 4.98 Å². The lowest BCUT2D eigenvalue weighted by molar-refractivity contribution is 0.111. The highest BCUT2D eigenvalue weighted by Crippen LogP contribution is 2.46. The van der Waals surface area contributed by atoms with Crippen LogP contribution in [-0.2, 0) is 5.41 Å². The number of carbonyl (C=O) groups excluding carboxylic acids is 1. The highest BCUT2D eigenvalue weighted by molar-refractivity contribution is 5.72. The Kier molecular flexibility index (Phi) is 1.88. The number of pyridine rings is 1. The third kappa shape index (κ3) is 1.35. The number of carbonyl (C=O) groups is 1. The van der Waals surface area contributed by atoms with E-state index in [1.807, 2.05) is 12.1 Å². The summed E-state index contributed by atoms with van der Waals surface area (Å²) in [5.74, 6) is 0. The van der Waals surface area contributed by atoms with Crippen LogP contribution in [0.5, 0.6) is 0 Å². The van der Waals surface area contributed by atoms with Crippen molar-refractivity contribution in [2.45, 2.75) is 18.3 Å². The Morgan fingerprint density at radius 1 is 1.62 bits per heavy atom. The largest absolute Gasteiger partial charge is 0.330 e. The minimum absolute atomic E-state index is 0.153. The van der Waals surface area contributed by atoms with Crippen LogP contribution in [0, 0.1) is 0 Å². The van der Waals surface area contributed by atoms with E-state index in [-0.39, 0.29) is 5.41 Å². The van der Waals surface area contributed by atoms with Crippen LogP contribution in [-0.4, -0.2) is 17.8 Å². The first-order chi connectivity index (χ1) is 6.30. The van der Waals surface area contributed by atoms with Gasteiger partial charge in [-0.3, -0.25) is 9.78 Å². The van der Waals surface area contributed by atoms with Crippen LogP contribution >= 0.6 is 0 Å². The standard InChI is InChI=1S/C10H12N2O/c11-7-10(2-3-10)8-1-4-12-9(5-8)6-13/h1,4-6H,2-3,7,11H2. The highest BCUT2D eigenvalue weighted by Gasteiger charge is 2.42. The van der Waals surface area contributed by atoms with Gasteiger partial charge in [0.2, 0.25) is 0 Å². The first-order valence-electron chi connectivity index (χ1n) is 4.42. The first kappa shape index (κ1) is 8.38. The van der Waals surface area contributed by atoms with E-state index in [0.29, 0.717) is 12.2 Å². The zero-order valence-corrected chi connectivity index (χ0v) is 7.36. The van der Waals surface area contributed by atoms with E-state index in [2.05, 4.69) is 4.98 Å². The molecule has 0 amide bonds. The minimum atomic E-state index is 0.153. The Balaban J connectivity index is 2.35. The lowest BCUT2D eigenvalue weighted by Crippen LogP contribution is -2.19. The molecule has 0 radical (unpaired) electrons. The molecule has 0 spiro atoms. The molecule has 1 aliphatic rings. The predicted molar refractivity (Wildman–Crippen MR) is 49.6 cm³/mol. The van der Waals surface area contributed by atoms with Gasteiger partial charge in [-0.05, 0) is 30.5 Å². The van der Waals surface area contributed by atoms with Crippen molar-refractivity contribution in [2.24, 2.45) is 5.73 Å². The van der Waals surface area contributed by atoms with Crippen LogP contribution in [0.1, 0.15) is 28.9 Å². The lowest BCUT2D eigenvalue weighted by atomic mass is 9.97. The van der Waals surface area contributed by atoms with E-state index in [0.717, 1.165) is 24.7 Å². The van der Waals surface area contributed by atoms with E-state index >= 15 is 0 Å². The molecule has 13 heavy (non-hydrogen) atoms. The van der Waals surface area contributed by atoms with Crippen LogP contribution < -0.4 is 5.73 Å². The van der Waals surface area contributed by atoms with Crippen molar-refractivity contribution in [3.05, 3.63) is 29.6 Å².